The molecule has 0 unspecified atom stereocenters. The third-order valence-corrected chi connectivity index (χ3v) is 5.37. The second-order valence-electron chi connectivity index (χ2n) is 7.68. The first-order chi connectivity index (χ1) is 12.9. The van der Waals surface area contributed by atoms with Crippen molar-refractivity contribution in [3.8, 4) is 0 Å². The van der Waals surface area contributed by atoms with Gasteiger partial charge in [0.1, 0.15) is 11.4 Å². The van der Waals surface area contributed by atoms with Gasteiger partial charge >= 0.3 is 0 Å². The van der Waals surface area contributed by atoms with Gasteiger partial charge in [-0.3, -0.25) is 14.5 Å². The maximum absolute atomic E-state index is 13.1. The topological polar surface area (TPSA) is 93.9 Å². The van der Waals surface area contributed by atoms with E-state index in [1.54, 1.807) is 17.9 Å². The number of hydrogen-bond acceptors (Lipinski definition) is 6. The lowest BCUT2D eigenvalue weighted by Crippen LogP contribution is -2.44. The van der Waals surface area contributed by atoms with E-state index in [-0.39, 0.29) is 24.0 Å². The molecule has 1 aromatic heterocycles. The normalized spacial score (nSPS) is 31.2. The number of rotatable bonds is 7. The van der Waals surface area contributed by atoms with Crippen LogP contribution >= 0.6 is 0 Å². The number of carbonyl (C=O) groups excluding carboxylic acids is 2. The zero-order valence-electron chi connectivity index (χ0n) is 15.8. The van der Waals surface area contributed by atoms with Crippen LogP contribution in [0.2, 0.25) is 0 Å². The largest absolute Gasteiger partial charge is 0.379 e. The highest BCUT2D eigenvalue weighted by molar-refractivity contribution is 6.02. The van der Waals surface area contributed by atoms with Gasteiger partial charge in [-0.2, -0.15) is 0 Å². The molecule has 1 aromatic rings. The highest BCUT2D eigenvalue weighted by Crippen LogP contribution is 2.52. The smallest absolute Gasteiger partial charge is 0.235 e. The quantitative estimate of drug-likeness (QED) is 0.569. The van der Waals surface area contributed by atoms with Crippen LogP contribution in [0.5, 0.6) is 0 Å². The van der Waals surface area contributed by atoms with E-state index in [1.807, 2.05) is 26.0 Å². The van der Waals surface area contributed by atoms with Gasteiger partial charge in [0.2, 0.25) is 11.8 Å². The van der Waals surface area contributed by atoms with Crippen molar-refractivity contribution in [1.82, 2.24) is 10.5 Å². The number of nitrogens with zero attached hydrogens (tertiary/aromatic N) is 2. The van der Waals surface area contributed by atoms with Crippen molar-refractivity contribution in [1.29, 1.82) is 0 Å². The Morgan fingerprint density at radius 1 is 1.52 bits per heavy atom. The SMILES string of the molecule is Cc1cc(N2C[C@@]34C=C[C@@H](O3)[C@H](C(=O)NCCCOC(C)C)[C@@H]4C2=O)no1. The molecular weight excluding hydrogens is 350 g/mol. The predicted octanol–water partition coefficient (Wildman–Crippen LogP) is 1.20. The van der Waals surface area contributed by atoms with Crippen LogP contribution in [0.1, 0.15) is 26.0 Å². The number of amides is 2. The Morgan fingerprint density at radius 2 is 2.33 bits per heavy atom. The molecule has 3 aliphatic heterocycles. The summed E-state index contributed by atoms with van der Waals surface area (Å²) in [6, 6.07) is 1.72. The summed E-state index contributed by atoms with van der Waals surface area (Å²) in [6.45, 7) is 7.18. The second kappa shape index (κ2) is 6.76. The zero-order valence-corrected chi connectivity index (χ0v) is 15.8. The molecule has 2 fully saturated rings. The summed E-state index contributed by atoms with van der Waals surface area (Å²) in [5.41, 5.74) is -0.753. The fourth-order valence-electron chi connectivity index (χ4n) is 4.19. The number of fused-ring (bicyclic) bond motifs is 1. The van der Waals surface area contributed by atoms with Crippen LogP contribution in [0.4, 0.5) is 5.82 Å². The molecular formula is C19H25N3O5. The minimum absolute atomic E-state index is 0.140. The molecule has 8 nitrogen and oxygen atoms in total. The van der Waals surface area contributed by atoms with Gasteiger partial charge in [-0.05, 0) is 27.2 Å². The third kappa shape index (κ3) is 3.06. The van der Waals surface area contributed by atoms with Crippen LogP contribution in [0.3, 0.4) is 0 Å². The van der Waals surface area contributed by atoms with E-state index in [0.29, 0.717) is 31.3 Å². The fraction of sp³-hybridized carbons (Fsp3) is 0.632. The van der Waals surface area contributed by atoms with E-state index in [0.717, 1.165) is 6.42 Å². The molecule has 4 heterocycles. The third-order valence-electron chi connectivity index (χ3n) is 5.37. The maximum Gasteiger partial charge on any atom is 0.235 e. The van der Waals surface area contributed by atoms with Gasteiger partial charge in [-0.15, -0.1) is 0 Å². The van der Waals surface area contributed by atoms with Crippen LogP contribution in [0.25, 0.3) is 0 Å². The van der Waals surface area contributed by atoms with Crippen LogP contribution in [0.15, 0.2) is 22.7 Å². The molecule has 27 heavy (non-hydrogen) atoms. The van der Waals surface area contributed by atoms with E-state index in [4.69, 9.17) is 14.0 Å². The highest BCUT2D eigenvalue weighted by atomic mass is 16.5. The van der Waals surface area contributed by atoms with Crippen molar-refractivity contribution in [2.75, 3.05) is 24.6 Å². The first-order valence-corrected chi connectivity index (χ1v) is 9.42. The Kier molecular flexibility index (Phi) is 4.55. The molecule has 4 atom stereocenters. The molecule has 0 aromatic carbocycles. The summed E-state index contributed by atoms with van der Waals surface area (Å²) in [4.78, 5) is 27.4. The molecule has 0 aliphatic carbocycles. The number of aromatic nitrogens is 1. The lowest BCUT2D eigenvalue weighted by atomic mass is 9.77. The number of anilines is 1. The van der Waals surface area contributed by atoms with Crippen LogP contribution < -0.4 is 10.2 Å². The van der Waals surface area contributed by atoms with E-state index >= 15 is 0 Å². The summed E-state index contributed by atoms with van der Waals surface area (Å²) in [7, 11) is 0. The van der Waals surface area contributed by atoms with E-state index < -0.39 is 17.4 Å². The van der Waals surface area contributed by atoms with E-state index in [9.17, 15) is 9.59 Å². The number of aryl methyl sites for hydroxylation is 1. The van der Waals surface area contributed by atoms with Crippen LogP contribution in [0, 0.1) is 18.8 Å². The lowest BCUT2D eigenvalue weighted by Gasteiger charge is -2.23. The Bertz CT molecular complexity index is 773. The number of hydrogen-bond donors (Lipinski definition) is 1. The van der Waals surface area contributed by atoms with Gasteiger partial charge < -0.3 is 19.3 Å². The van der Waals surface area contributed by atoms with E-state index in [2.05, 4.69) is 10.5 Å². The summed E-state index contributed by atoms with van der Waals surface area (Å²) in [5, 5.41) is 6.88. The summed E-state index contributed by atoms with van der Waals surface area (Å²) in [5.74, 6) is -0.244. The molecule has 0 saturated carbocycles. The second-order valence-corrected chi connectivity index (χ2v) is 7.68. The van der Waals surface area contributed by atoms with Crippen molar-refractivity contribution in [3.05, 3.63) is 24.0 Å². The van der Waals surface area contributed by atoms with E-state index in [1.165, 1.54) is 0 Å². The Hall–Kier alpha value is -2.19. The molecule has 2 saturated heterocycles. The minimum Gasteiger partial charge on any atom is -0.379 e. The lowest BCUT2D eigenvalue weighted by molar-refractivity contribution is -0.132. The average molecular weight is 375 g/mol. The Balaban J connectivity index is 1.44. The number of carbonyl (C=O) groups is 2. The zero-order chi connectivity index (χ0) is 19.2. The summed E-state index contributed by atoms with van der Waals surface area (Å²) < 4.78 is 16.7. The Morgan fingerprint density at radius 3 is 3.04 bits per heavy atom. The molecule has 2 amide bonds. The molecule has 146 valence electrons. The van der Waals surface area contributed by atoms with Crippen molar-refractivity contribution in [2.24, 2.45) is 11.8 Å². The number of ether oxygens (including phenoxy) is 2. The van der Waals surface area contributed by atoms with Gasteiger partial charge in [-0.25, -0.2) is 0 Å². The monoisotopic (exact) mass is 375 g/mol. The summed E-state index contributed by atoms with van der Waals surface area (Å²) in [6.07, 6.45) is 4.37. The molecule has 8 heteroatoms. The molecule has 1 N–H and O–H groups in total. The maximum atomic E-state index is 13.1. The summed E-state index contributed by atoms with van der Waals surface area (Å²) >= 11 is 0. The number of nitrogens with one attached hydrogen (secondary N) is 1. The van der Waals surface area contributed by atoms with Gasteiger partial charge in [0.15, 0.2) is 5.82 Å². The minimum atomic E-state index is -0.753. The predicted molar refractivity (Wildman–Crippen MR) is 96.0 cm³/mol. The molecule has 4 rings (SSSR count). The van der Waals surface area contributed by atoms with Gasteiger partial charge in [0.05, 0.1) is 30.6 Å². The Labute approximate surface area is 157 Å². The molecule has 0 radical (unpaired) electrons. The van der Waals surface area contributed by atoms with Crippen molar-refractivity contribution in [3.63, 3.8) is 0 Å². The van der Waals surface area contributed by atoms with Crippen molar-refractivity contribution >= 4 is 17.6 Å². The average Bonchev–Trinajstić information content (AvgIpc) is 3.35. The van der Waals surface area contributed by atoms with Gasteiger partial charge in [0, 0.05) is 19.2 Å². The molecule has 2 bridgehead atoms. The highest BCUT2D eigenvalue weighted by Gasteiger charge is 2.67. The van der Waals surface area contributed by atoms with Crippen molar-refractivity contribution < 1.29 is 23.6 Å². The van der Waals surface area contributed by atoms with Crippen molar-refractivity contribution in [2.45, 2.75) is 45.0 Å². The fourth-order valence-corrected chi connectivity index (χ4v) is 4.19. The first-order valence-electron chi connectivity index (χ1n) is 9.42. The standard InChI is InChI=1S/C19H25N3O5/c1-11(2)25-8-4-7-20-17(23)15-13-5-6-19(26-13)10-22(18(24)16(15)19)14-9-12(3)27-21-14/h5-6,9,11,13,15-16H,4,7-8,10H2,1-3H3,(H,20,23)/t13-,15+,16-,19-/m1/s1. The van der Waals surface area contributed by atoms with Crippen LogP contribution in [-0.2, 0) is 19.1 Å². The van der Waals surface area contributed by atoms with Crippen LogP contribution in [-0.4, -0.2) is 54.5 Å². The molecule has 3 aliphatic rings. The first kappa shape index (κ1) is 18.2. The van der Waals surface area contributed by atoms with Gasteiger partial charge in [0.25, 0.3) is 0 Å². The van der Waals surface area contributed by atoms with Gasteiger partial charge in [-0.1, -0.05) is 17.3 Å². The molecule has 1 spiro atoms.